The highest BCUT2D eigenvalue weighted by atomic mass is 32.2. The molecule has 2 heterocycles. The fourth-order valence-electron chi connectivity index (χ4n) is 3.33. The summed E-state index contributed by atoms with van der Waals surface area (Å²) in [5.41, 5.74) is -0.769. The van der Waals surface area contributed by atoms with Crippen LogP contribution >= 0.6 is 0 Å². The number of hydrogen-bond acceptors (Lipinski definition) is 4. The molecule has 0 unspecified atom stereocenters. The van der Waals surface area contributed by atoms with Crippen molar-refractivity contribution in [2.24, 2.45) is 5.41 Å². The molecular weight excluding hydrogens is 308 g/mol. The first-order valence-corrected chi connectivity index (χ1v) is 9.27. The van der Waals surface area contributed by atoms with Gasteiger partial charge in [-0.2, -0.15) is 17.0 Å². The highest BCUT2D eigenvalue weighted by Crippen LogP contribution is 2.36. The van der Waals surface area contributed by atoms with E-state index in [1.807, 2.05) is 6.92 Å². The third kappa shape index (κ3) is 3.29. The Labute approximate surface area is 132 Å². The van der Waals surface area contributed by atoms with Crippen molar-refractivity contribution in [1.29, 1.82) is 0 Å². The van der Waals surface area contributed by atoms with E-state index in [1.54, 1.807) is 7.11 Å². The molecule has 0 aliphatic carbocycles. The zero-order valence-electron chi connectivity index (χ0n) is 13.3. The second-order valence-corrected chi connectivity index (χ2v) is 8.11. The summed E-state index contributed by atoms with van der Waals surface area (Å²) in [7, 11) is -1.83. The average Bonchev–Trinajstić information content (AvgIpc) is 2.54. The smallest absolute Gasteiger partial charge is 0.309 e. The number of aliphatic carboxylic acids is 1. The Balaban J connectivity index is 1.99. The molecule has 2 fully saturated rings. The Hall–Kier alpha value is -0.700. The molecule has 0 spiro atoms. The highest BCUT2D eigenvalue weighted by molar-refractivity contribution is 7.86. The van der Waals surface area contributed by atoms with Gasteiger partial charge < -0.3 is 9.84 Å². The monoisotopic (exact) mass is 334 g/mol. The van der Waals surface area contributed by atoms with Crippen LogP contribution in [-0.2, 0) is 19.7 Å². The van der Waals surface area contributed by atoms with Crippen LogP contribution in [-0.4, -0.2) is 67.5 Å². The van der Waals surface area contributed by atoms with Gasteiger partial charge in [-0.05, 0) is 32.1 Å². The van der Waals surface area contributed by atoms with Crippen LogP contribution in [0.2, 0.25) is 0 Å². The molecule has 2 saturated heterocycles. The van der Waals surface area contributed by atoms with Crippen molar-refractivity contribution in [2.45, 2.75) is 45.1 Å². The average molecular weight is 334 g/mol. The van der Waals surface area contributed by atoms with Crippen LogP contribution in [0.5, 0.6) is 0 Å². The number of methoxy groups -OCH3 is 1. The molecule has 0 aromatic heterocycles. The molecule has 0 radical (unpaired) electrons. The van der Waals surface area contributed by atoms with Gasteiger partial charge in [0, 0.05) is 33.3 Å². The molecule has 8 heteroatoms. The molecule has 0 bridgehead atoms. The van der Waals surface area contributed by atoms with Crippen molar-refractivity contribution >= 4 is 16.2 Å². The number of rotatable bonds is 5. The SMILES string of the molecule is CCC1(C(=O)O)CCN(S(=O)(=O)N2CCC(OC)CC2)CC1. The van der Waals surface area contributed by atoms with Gasteiger partial charge >= 0.3 is 5.97 Å². The predicted octanol–water partition coefficient (Wildman–Crippen LogP) is 0.919. The fraction of sp³-hybridized carbons (Fsp3) is 0.929. The van der Waals surface area contributed by atoms with E-state index in [9.17, 15) is 18.3 Å². The molecule has 0 saturated carbocycles. The molecule has 2 rings (SSSR count). The van der Waals surface area contributed by atoms with Crippen LogP contribution in [0.4, 0.5) is 0 Å². The van der Waals surface area contributed by atoms with Gasteiger partial charge in [0.25, 0.3) is 10.2 Å². The highest BCUT2D eigenvalue weighted by Gasteiger charge is 2.43. The Morgan fingerprint density at radius 1 is 1.18 bits per heavy atom. The summed E-state index contributed by atoms with van der Waals surface area (Å²) < 4.78 is 33.5. The lowest BCUT2D eigenvalue weighted by Gasteiger charge is -2.40. The van der Waals surface area contributed by atoms with E-state index in [2.05, 4.69) is 0 Å². The van der Waals surface area contributed by atoms with Crippen molar-refractivity contribution in [3.63, 3.8) is 0 Å². The molecular formula is C14H26N2O5S. The van der Waals surface area contributed by atoms with Crippen LogP contribution in [0, 0.1) is 5.41 Å². The van der Waals surface area contributed by atoms with Crippen molar-refractivity contribution < 1.29 is 23.1 Å². The number of ether oxygens (including phenoxy) is 1. The standard InChI is InChI=1S/C14H26N2O5S/c1-3-14(13(17)18)6-10-16(11-7-14)22(19,20)15-8-4-12(21-2)5-9-15/h12H,3-11H2,1-2H3,(H,17,18). The largest absolute Gasteiger partial charge is 0.481 e. The van der Waals surface area contributed by atoms with Gasteiger partial charge in [-0.15, -0.1) is 0 Å². The molecule has 2 aliphatic rings. The van der Waals surface area contributed by atoms with Crippen molar-refractivity contribution in [2.75, 3.05) is 33.3 Å². The lowest BCUT2D eigenvalue weighted by Crippen LogP contribution is -2.52. The van der Waals surface area contributed by atoms with Crippen LogP contribution < -0.4 is 0 Å². The molecule has 0 atom stereocenters. The molecule has 128 valence electrons. The molecule has 2 aliphatic heterocycles. The molecule has 0 amide bonds. The summed E-state index contributed by atoms with van der Waals surface area (Å²) in [6, 6.07) is 0. The lowest BCUT2D eigenvalue weighted by atomic mass is 9.77. The minimum Gasteiger partial charge on any atom is -0.481 e. The first kappa shape index (κ1) is 17.7. The van der Waals surface area contributed by atoms with Crippen molar-refractivity contribution in [3.8, 4) is 0 Å². The first-order chi connectivity index (χ1) is 10.4. The van der Waals surface area contributed by atoms with Crippen LogP contribution in [0.3, 0.4) is 0 Å². The van der Waals surface area contributed by atoms with E-state index < -0.39 is 21.6 Å². The molecule has 0 aromatic carbocycles. The summed E-state index contributed by atoms with van der Waals surface area (Å²) in [4.78, 5) is 11.4. The van der Waals surface area contributed by atoms with E-state index >= 15 is 0 Å². The summed E-state index contributed by atoms with van der Waals surface area (Å²) in [5.74, 6) is -0.812. The van der Waals surface area contributed by atoms with Crippen LogP contribution in [0.15, 0.2) is 0 Å². The summed E-state index contributed by atoms with van der Waals surface area (Å²) in [6.07, 6.45) is 2.84. The van der Waals surface area contributed by atoms with Crippen molar-refractivity contribution in [3.05, 3.63) is 0 Å². The first-order valence-electron chi connectivity index (χ1n) is 7.87. The maximum Gasteiger partial charge on any atom is 0.309 e. The van der Waals surface area contributed by atoms with E-state index in [4.69, 9.17) is 4.74 Å². The number of hydrogen-bond donors (Lipinski definition) is 1. The normalized spacial score (nSPS) is 25.2. The number of nitrogens with zero attached hydrogens (tertiary/aromatic N) is 2. The van der Waals surface area contributed by atoms with E-state index in [-0.39, 0.29) is 19.2 Å². The topological polar surface area (TPSA) is 87.2 Å². The molecule has 1 N–H and O–H groups in total. The van der Waals surface area contributed by atoms with Gasteiger partial charge in [0.2, 0.25) is 0 Å². The number of carbonyl (C=O) groups is 1. The predicted molar refractivity (Wildman–Crippen MR) is 81.7 cm³/mol. The summed E-state index contributed by atoms with van der Waals surface area (Å²) in [5, 5.41) is 9.39. The van der Waals surface area contributed by atoms with Gasteiger partial charge in [-0.25, -0.2) is 0 Å². The van der Waals surface area contributed by atoms with Gasteiger partial charge in [-0.3, -0.25) is 4.79 Å². The Kier molecular flexibility index (Phi) is 5.47. The third-order valence-electron chi connectivity index (χ3n) is 5.20. The maximum atomic E-state index is 12.7. The number of piperidine rings is 2. The van der Waals surface area contributed by atoms with Crippen molar-refractivity contribution in [1.82, 2.24) is 8.61 Å². The van der Waals surface area contributed by atoms with Crippen LogP contribution in [0.25, 0.3) is 0 Å². The second kappa shape index (κ2) is 6.82. The van der Waals surface area contributed by atoms with Gasteiger partial charge in [0.15, 0.2) is 0 Å². The maximum absolute atomic E-state index is 12.7. The third-order valence-corrected chi connectivity index (χ3v) is 7.23. The van der Waals surface area contributed by atoms with Gasteiger partial charge in [-0.1, -0.05) is 6.92 Å². The summed E-state index contributed by atoms with van der Waals surface area (Å²) >= 11 is 0. The fourth-order valence-corrected chi connectivity index (χ4v) is 4.97. The lowest BCUT2D eigenvalue weighted by molar-refractivity contribution is -0.151. The summed E-state index contributed by atoms with van der Waals surface area (Å²) in [6.45, 7) is 3.36. The molecule has 7 nitrogen and oxygen atoms in total. The van der Waals surface area contributed by atoms with Gasteiger partial charge in [0.1, 0.15) is 0 Å². The van der Waals surface area contributed by atoms with Gasteiger partial charge in [0.05, 0.1) is 11.5 Å². The number of carboxylic acid groups (broad SMARTS) is 1. The quantitative estimate of drug-likeness (QED) is 0.808. The molecule has 22 heavy (non-hydrogen) atoms. The van der Waals surface area contributed by atoms with Crippen LogP contribution in [0.1, 0.15) is 39.0 Å². The Bertz CT molecular complexity index is 491. The van der Waals surface area contributed by atoms with E-state index in [0.717, 1.165) is 0 Å². The zero-order chi connectivity index (χ0) is 16.4. The Morgan fingerprint density at radius 2 is 1.68 bits per heavy atom. The van der Waals surface area contributed by atoms with E-state index in [1.165, 1.54) is 8.61 Å². The Morgan fingerprint density at radius 3 is 2.09 bits per heavy atom. The zero-order valence-corrected chi connectivity index (χ0v) is 14.1. The second-order valence-electron chi connectivity index (χ2n) is 6.18. The minimum absolute atomic E-state index is 0.132. The minimum atomic E-state index is -3.48. The molecule has 0 aromatic rings. The van der Waals surface area contributed by atoms with E-state index in [0.29, 0.717) is 45.2 Å². The number of carboxylic acids is 1.